The Balaban J connectivity index is 2.17. The fraction of sp³-hybridized carbons (Fsp3) is 0.526. The van der Waals surface area contributed by atoms with Crippen LogP contribution in [0.1, 0.15) is 34.1 Å². The van der Waals surface area contributed by atoms with Crippen LogP contribution in [-0.2, 0) is 9.53 Å². The summed E-state index contributed by atoms with van der Waals surface area (Å²) in [6.07, 6.45) is 0.673. The molecular formula is C19H26N4O6. The van der Waals surface area contributed by atoms with Crippen molar-refractivity contribution >= 4 is 23.5 Å². The van der Waals surface area contributed by atoms with Crippen LogP contribution in [-0.4, -0.2) is 90.8 Å². The summed E-state index contributed by atoms with van der Waals surface area (Å²) in [6.45, 7) is 4.07. The molecule has 0 aromatic heterocycles. The standard InChI is InChI=1S/C19H26N4O6/c1-4-29-19(26)15-10-14(11-16(12-15)23(27)28)18(25)22-7-5-6-21(8-9-22)13-17(24)20(2)3/h10-12H,4-9,13H2,1-3H3. The molecule has 2 amide bonds. The molecule has 0 radical (unpaired) electrons. The van der Waals surface area contributed by atoms with Gasteiger partial charge in [0, 0.05) is 58.0 Å². The number of non-ortho nitro benzene ring substituents is 1. The number of hydrogen-bond acceptors (Lipinski definition) is 7. The van der Waals surface area contributed by atoms with E-state index in [2.05, 4.69) is 0 Å². The molecule has 0 N–H and O–H groups in total. The van der Waals surface area contributed by atoms with Gasteiger partial charge in [-0.05, 0) is 19.4 Å². The van der Waals surface area contributed by atoms with E-state index in [1.807, 2.05) is 4.90 Å². The van der Waals surface area contributed by atoms with E-state index >= 15 is 0 Å². The van der Waals surface area contributed by atoms with Crippen molar-refractivity contribution in [2.24, 2.45) is 0 Å². The number of carbonyl (C=O) groups is 3. The molecule has 158 valence electrons. The summed E-state index contributed by atoms with van der Waals surface area (Å²) in [5.41, 5.74) is -0.301. The van der Waals surface area contributed by atoms with Crippen molar-refractivity contribution in [3.05, 3.63) is 39.4 Å². The Morgan fingerprint density at radius 2 is 1.79 bits per heavy atom. The molecule has 1 heterocycles. The molecule has 1 aliphatic heterocycles. The molecule has 10 heteroatoms. The SMILES string of the molecule is CCOC(=O)c1cc(C(=O)N2CCCN(CC(=O)N(C)C)CC2)cc([N+](=O)[O-])c1. The fourth-order valence-corrected chi connectivity index (χ4v) is 3.02. The van der Waals surface area contributed by atoms with Crippen molar-refractivity contribution in [2.75, 3.05) is 53.4 Å². The molecular weight excluding hydrogens is 380 g/mol. The van der Waals surface area contributed by atoms with Gasteiger partial charge in [0.25, 0.3) is 11.6 Å². The molecule has 0 bridgehead atoms. The molecule has 1 aliphatic rings. The number of ether oxygens (including phenoxy) is 1. The second kappa shape index (κ2) is 9.97. The Morgan fingerprint density at radius 1 is 1.10 bits per heavy atom. The van der Waals surface area contributed by atoms with Crippen LogP contribution in [0.15, 0.2) is 18.2 Å². The predicted octanol–water partition coefficient (Wildman–Crippen LogP) is 1.01. The van der Waals surface area contributed by atoms with Gasteiger partial charge in [0.05, 0.1) is 23.6 Å². The van der Waals surface area contributed by atoms with Gasteiger partial charge in [-0.2, -0.15) is 0 Å². The summed E-state index contributed by atoms with van der Waals surface area (Å²) < 4.78 is 4.90. The van der Waals surface area contributed by atoms with Crippen molar-refractivity contribution in [3.8, 4) is 0 Å². The van der Waals surface area contributed by atoms with Crippen molar-refractivity contribution < 1.29 is 24.0 Å². The zero-order valence-electron chi connectivity index (χ0n) is 16.9. The molecule has 0 spiro atoms. The first-order valence-electron chi connectivity index (χ1n) is 9.41. The number of esters is 1. The van der Waals surface area contributed by atoms with Crippen molar-refractivity contribution in [1.82, 2.24) is 14.7 Å². The highest BCUT2D eigenvalue weighted by molar-refractivity contribution is 5.99. The quantitative estimate of drug-likeness (QED) is 0.393. The molecule has 2 rings (SSSR count). The topological polar surface area (TPSA) is 113 Å². The second-order valence-corrected chi connectivity index (χ2v) is 6.96. The summed E-state index contributed by atoms with van der Waals surface area (Å²) in [6, 6.07) is 3.60. The van der Waals surface area contributed by atoms with E-state index in [9.17, 15) is 24.5 Å². The van der Waals surface area contributed by atoms with Gasteiger partial charge in [-0.3, -0.25) is 24.6 Å². The number of nitro groups is 1. The molecule has 0 saturated carbocycles. The maximum atomic E-state index is 13.0. The van der Waals surface area contributed by atoms with E-state index in [-0.39, 0.29) is 41.8 Å². The van der Waals surface area contributed by atoms with Gasteiger partial charge in [0.2, 0.25) is 5.91 Å². The number of nitrogens with zero attached hydrogens (tertiary/aromatic N) is 4. The maximum Gasteiger partial charge on any atom is 0.338 e. The Kier molecular flexibility index (Phi) is 7.66. The maximum absolute atomic E-state index is 13.0. The monoisotopic (exact) mass is 406 g/mol. The van der Waals surface area contributed by atoms with Crippen molar-refractivity contribution in [3.63, 3.8) is 0 Å². The van der Waals surface area contributed by atoms with Gasteiger partial charge < -0.3 is 14.5 Å². The van der Waals surface area contributed by atoms with E-state index in [1.54, 1.807) is 25.9 Å². The first-order chi connectivity index (χ1) is 13.7. The molecule has 0 atom stereocenters. The van der Waals surface area contributed by atoms with E-state index in [0.717, 1.165) is 6.07 Å². The summed E-state index contributed by atoms with van der Waals surface area (Å²) in [4.78, 5) is 52.6. The van der Waals surface area contributed by atoms with Gasteiger partial charge in [-0.15, -0.1) is 0 Å². The molecule has 10 nitrogen and oxygen atoms in total. The summed E-state index contributed by atoms with van der Waals surface area (Å²) in [7, 11) is 3.39. The van der Waals surface area contributed by atoms with Gasteiger partial charge in [-0.25, -0.2) is 4.79 Å². The van der Waals surface area contributed by atoms with Crippen LogP contribution in [0.25, 0.3) is 0 Å². The van der Waals surface area contributed by atoms with Crippen LogP contribution < -0.4 is 0 Å². The number of benzene rings is 1. The molecule has 29 heavy (non-hydrogen) atoms. The minimum atomic E-state index is -0.713. The van der Waals surface area contributed by atoms with E-state index < -0.39 is 10.9 Å². The number of carbonyl (C=O) groups excluding carboxylic acids is 3. The second-order valence-electron chi connectivity index (χ2n) is 6.96. The predicted molar refractivity (Wildman–Crippen MR) is 105 cm³/mol. The fourth-order valence-electron chi connectivity index (χ4n) is 3.02. The lowest BCUT2D eigenvalue weighted by Crippen LogP contribution is -2.39. The Morgan fingerprint density at radius 3 is 2.41 bits per heavy atom. The zero-order chi connectivity index (χ0) is 21.6. The van der Waals surface area contributed by atoms with Gasteiger partial charge in [-0.1, -0.05) is 0 Å². The van der Waals surface area contributed by atoms with Gasteiger partial charge in [0.15, 0.2) is 0 Å². The highest BCUT2D eigenvalue weighted by Crippen LogP contribution is 2.20. The largest absolute Gasteiger partial charge is 0.462 e. The van der Waals surface area contributed by atoms with E-state index in [4.69, 9.17) is 4.74 Å². The molecule has 1 aromatic rings. The van der Waals surface area contributed by atoms with E-state index in [1.165, 1.54) is 17.0 Å². The molecule has 1 aromatic carbocycles. The third kappa shape index (κ3) is 5.98. The molecule has 1 saturated heterocycles. The molecule has 0 aliphatic carbocycles. The summed E-state index contributed by atoms with van der Waals surface area (Å²) in [5, 5.41) is 11.2. The Labute approximate surface area is 169 Å². The Bertz CT molecular complexity index is 795. The molecule has 1 fully saturated rings. The van der Waals surface area contributed by atoms with Crippen LogP contribution in [0.2, 0.25) is 0 Å². The number of hydrogen-bond donors (Lipinski definition) is 0. The summed E-state index contributed by atoms with van der Waals surface area (Å²) in [5.74, 6) is -1.11. The van der Waals surface area contributed by atoms with Crippen LogP contribution >= 0.6 is 0 Å². The van der Waals surface area contributed by atoms with Crippen LogP contribution in [0, 0.1) is 10.1 Å². The van der Waals surface area contributed by atoms with E-state index in [0.29, 0.717) is 32.6 Å². The number of likely N-dealkylation sites (N-methyl/N-ethyl adjacent to an activating group) is 1. The highest BCUT2D eigenvalue weighted by atomic mass is 16.6. The zero-order valence-corrected chi connectivity index (χ0v) is 16.9. The summed E-state index contributed by atoms with van der Waals surface area (Å²) >= 11 is 0. The first-order valence-corrected chi connectivity index (χ1v) is 9.41. The minimum absolute atomic E-state index is 0.0115. The lowest BCUT2D eigenvalue weighted by molar-refractivity contribution is -0.384. The third-order valence-electron chi connectivity index (χ3n) is 4.62. The first kappa shape index (κ1) is 22.3. The van der Waals surface area contributed by atoms with Crippen molar-refractivity contribution in [2.45, 2.75) is 13.3 Å². The molecule has 0 unspecified atom stereocenters. The average molecular weight is 406 g/mol. The Hall–Kier alpha value is -3.01. The van der Waals surface area contributed by atoms with Crippen LogP contribution in [0.4, 0.5) is 5.69 Å². The average Bonchev–Trinajstić information content (AvgIpc) is 2.92. The highest BCUT2D eigenvalue weighted by Gasteiger charge is 2.25. The normalized spacial score (nSPS) is 14.8. The van der Waals surface area contributed by atoms with Gasteiger partial charge in [0.1, 0.15) is 0 Å². The smallest absolute Gasteiger partial charge is 0.338 e. The third-order valence-corrected chi connectivity index (χ3v) is 4.62. The number of rotatable bonds is 6. The number of amides is 2. The number of nitro benzene ring substituents is 1. The van der Waals surface area contributed by atoms with Crippen molar-refractivity contribution in [1.29, 1.82) is 0 Å². The lowest BCUT2D eigenvalue weighted by atomic mass is 10.1. The van der Waals surface area contributed by atoms with Gasteiger partial charge >= 0.3 is 5.97 Å². The van der Waals surface area contributed by atoms with Crippen LogP contribution in [0.3, 0.4) is 0 Å². The lowest BCUT2D eigenvalue weighted by Gasteiger charge is -2.23. The minimum Gasteiger partial charge on any atom is -0.462 e. The van der Waals surface area contributed by atoms with Crippen LogP contribution in [0.5, 0.6) is 0 Å².